The van der Waals surface area contributed by atoms with Gasteiger partial charge in [0.2, 0.25) is 10.0 Å². The summed E-state index contributed by atoms with van der Waals surface area (Å²) in [5.41, 5.74) is 1.66. The Hall–Kier alpha value is -2.23. The van der Waals surface area contributed by atoms with Crippen LogP contribution in [-0.2, 0) is 32.4 Å². The third-order valence-corrected chi connectivity index (χ3v) is 8.84. The molecule has 0 saturated carbocycles. The molecule has 1 fully saturated rings. The topological polar surface area (TPSA) is 92.8 Å². The van der Waals surface area contributed by atoms with E-state index in [1.54, 1.807) is 0 Å². The van der Waals surface area contributed by atoms with Crippen molar-refractivity contribution in [3.63, 3.8) is 0 Å². The van der Waals surface area contributed by atoms with Crippen LogP contribution in [0.1, 0.15) is 46.3 Å². The smallest absolute Gasteiger partial charge is 0.348 e. The zero-order valence-electron chi connectivity index (χ0n) is 17.4. The number of carbonyl (C=O) groups is 2. The molecular weight excluding hydrogens is 436 g/mol. The summed E-state index contributed by atoms with van der Waals surface area (Å²) in [5, 5.41) is 2.63. The summed E-state index contributed by atoms with van der Waals surface area (Å²) >= 11 is 1.45. The molecule has 2 heterocycles. The number of rotatable bonds is 6. The van der Waals surface area contributed by atoms with Gasteiger partial charge in [-0.05, 0) is 73.9 Å². The quantitative estimate of drug-likeness (QED) is 0.664. The Kier molecular flexibility index (Phi) is 6.45. The van der Waals surface area contributed by atoms with Gasteiger partial charge in [-0.3, -0.25) is 4.79 Å². The van der Waals surface area contributed by atoms with Crippen molar-refractivity contribution >= 4 is 38.9 Å². The number of hydrogen-bond acceptors (Lipinski definition) is 6. The van der Waals surface area contributed by atoms with Gasteiger partial charge in [0.1, 0.15) is 4.88 Å². The van der Waals surface area contributed by atoms with Gasteiger partial charge in [0, 0.05) is 23.7 Å². The molecule has 166 valence electrons. The van der Waals surface area contributed by atoms with Crippen molar-refractivity contribution in [1.82, 2.24) is 4.31 Å². The average Bonchev–Trinajstić information content (AvgIpc) is 3.42. The highest BCUT2D eigenvalue weighted by Crippen LogP contribution is 2.32. The minimum atomic E-state index is -3.49. The fourth-order valence-electron chi connectivity index (χ4n) is 3.99. The minimum absolute atomic E-state index is 0.204. The average molecular weight is 463 g/mol. The van der Waals surface area contributed by atoms with Crippen LogP contribution in [0.2, 0.25) is 0 Å². The number of thiophene rings is 1. The predicted molar refractivity (Wildman–Crippen MR) is 119 cm³/mol. The molecule has 1 atom stereocenters. The van der Waals surface area contributed by atoms with Crippen LogP contribution in [-0.4, -0.2) is 44.3 Å². The number of fused-ring (bicyclic) bond motifs is 1. The van der Waals surface area contributed by atoms with Crippen LogP contribution in [0.4, 0.5) is 5.69 Å². The van der Waals surface area contributed by atoms with Crippen LogP contribution in [0.15, 0.2) is 35.2 Å². The summed E-state index contributed by atoms with van der Waals surface area (Å²) in [5.74, 6) is -0.346. The molecule has 1 aromatic heterocycles. The largest absolute Gasteiger partial charge is 0.451 e. The first-order chi connectivity index (χ1) is 14.8. The van der Waals surface area contributed by atoms with Crippen LogP contribution in [0.5, 0.6) is 0 Å². The number of amides is 1. The molecule has 2 aliphatic rings. The van der Waals surface area contributed by atoms with Crippen molar-refractivity contribution in [2.45, 2.75) is 43.9 Å². The maximum absolute atomic E-state index is 12.6. The van der Waals surface area contributed by atoms with E-state index >= 15 is 0 Å². The van der Waals surface area contributed by atoms with Gasteiger partial charge in [-0.25, -0.2) is 13.2 Å². The lowest BCUT2D eigenvalue weighted by molar-refractivity contribution is -0.119. The number of nitrogens with zero attached hydrogens (tertiary/aromatic N) is 1. The molecule has 31 heavy (non-hydrogen) atoms. The highest BCUT2D eigenvalue weighted by Gasteiger charge is 2.27. The number of sulfonamides is 1. The van der Waals surface area contributed by atoms with E-state index in [1.807, 2.05) is 6.07 Å². The molecule has 1 N–H and O–H groups in total. The molecule has 0 bridgehead atoms. The fourth-order valence-corrected chi connectivity index (χ4v) is 6.61. The maximum atomic E-state index is 12.6. The standard InChI is InChI=1S/C22H26N2O5S2/c1-15-4-9-19-16(12-15)13-20(30-19)22(26)29-14-21(25)23-17-5-7-18(8-6-17)31(27,28)24-10-2-3-11-24/h5-8,13,15H,2-4,9-12,14H2,1H3,(H,23,25). The van der Waals surface area contributed by atoms with Crippen LogP contribution in [0, 0.1) is 5.92 Å². The van der Waals surface area contributed by atoms with Crippen molar-refractivity contribution < 1.29 is 22.7 Å². The first-order valence-electron chi connectivity index (χ1n) is 10.5. The summed E-state index contributed by atoms with van der Waals surface area (Å²) < 4.78 is 31.8. The Morgan fingerprint density at radius 1 is 1.19 bits per heavy atom. The summed E-state index contributed by atoms with van der Waals surface area (Å²) in [6.45, 7) is 2.89. The number of carbonyl (C=O) groups excluding carboxylic acids is 2. The van der Waals surface area contributed by atoms with Crippen molar-refractivity contribution in [2.24, 2.45) is 5.92 Å². The number of esters is 1. The van der Waals surface area contributed by atoms with Crippen LogP contribution in [0.25, 0.3) is 0 Å². The molecule has 9 heteroatoms. The Morgan fingerprint density at radius 2 is 1.90 bits per heavy atom. The second-order valence-electron chi connectivity index (χ2n) is 8.17. The van der Waals surface area contributed by atoms with E-state index in [1.165, 1.54) is 50.3 Å². The van der Waals surface area contributed by atoms with Gasteiger partial charge < -0.3 is 10.1 Å². The molecule has 4 rings (SSSR count). The molecule has 1 aliphatic heterocycles. The zero-order valence-corrected chi connectivity index (χ0v) is 19.1. The highest BCUT2D eigenvalue weighted by atomic mass is 32.2. The van der Waals surface area contributed by atoms with Gasteiger partial charge in [-0.15, -0.1) is 11.3 Å². The van der Waals surface area contributed by atoms with Crippen molar-refractivity contribution in [3.8, 4) is 0 Å². The lowest BCUT2D eigenvalue weighted by atomic mass is 9.90. The van der Waals surface area contributed by atoms with E-state index in [2.05, 4.69) is 12.2 Å². The third-order valence-electron chi connectivity index (χ3n) is 5.71. The number of aryl methyl sites for hydroxylation is 1. The van der Waals surface area contributed by atoms with E-state index in [-0.39, 0.29) is 4.90 Å². The second-order valence-corrected chi connectivity index (χ2v) is 11.2. The molecule has 0 spiro atoms. The van der Waals surface area contributed by atoms with Gasteiger partial charge in [0.05, 0.1) is 4.90 Å². The van der Waals surface area contributed by atoms with E-state index in [9.17, 15) is 18.0 Å². The van der Waals surface area contributed by atoms with Gasteiger partial charge in [-0.2, -0.15) is 4.31 Å². The first-order valence-corrected chi connectivity index (χ1v) is 12.8. The first kappa shape index (κ1) is 22.0. The molecule has 0 radical (unpaired) electrons. The van der Waals surface area contributed by atoms with E-state index in [0.29, 0.717) is 29.6 Å². The van der Waals surface area contributed by atoms with Gasteiger partial charge in [-0.1, -0.05) is 6.92 Å². The van der Waals surface area contributed by atoms with Gasteiger partial charge >= 0.3 is 5.97 Å². The Labute approximate surface area is 186 Å². The number of benzene rings is 1. The van der Waals surface area contributed by atoms with Crippen LogP contribution >= 0.6 is 11.3 Å². The molecule has 1 unspecified atom stereocenters. The van der Waals surface area contributed by atoms with E-state index in [4.69, 9.17) is 4.74 Å². The predicted octanol–water partition coefficient (Wildman–Crippen LogP) is 3.45. The molecule has 2 aromatic rings. The van der Waals surface area contributed by atoms with Crippen LogP contribution < -0.4 is 5.32 Å². The number of nitrogens with one attached hydrogen (secondary N) is 1. The molecular formula is C22H26N2O5S2. The van der Waals surface area contributed by atoms with Crippen molar-refractivity contribution in [2.75, 3.05) is 25.0 Å². The Balaban J connectivity index is 1.30. The van der Waals surface area contributed by atoms with Gasteiger partial charge in [0.15, 0.2) is 6.61 Å². The van der Waals surface area contributed by atoms with Crippen molar-refractivity contribution in [3.05, 3.63) is 45.6 Å². The SMILES string of the molecule is CC1CCc2sc(C(=O)OCC(=O)Nc3ccc(S(=O)(=O)N4CCCC4)cc3)cc2C1. The maximum Gasteiger partial charge on any atom is 0.348 e. The zero-order chi connectivity index (χ0) is 22.0. The summed E-state index contributed by atoms with van der Waals surface area (Å²) in [4.78, 5) is 26.5. The summed E-state index contributed by atoms with van der Waals surface area (Å²) in [6, 6.07) is 7.92. The lowest BCUT2D eigenvalue weighted by Gasteiger charge is -2.16. The normalized spacial score (nSPS) is 19.1. The van der Waals surface area contributed by atoms with Crippen molar-refractivity contribution in [1.29, 1.82) is 0 Å². The van der Waals surface area contributed by atoms with Gasteiger partial charge in [0.25, 0.3) is 5.91 Å². The number of anilines is 1. The third kappa shape index (κ3) is 4.99. The molecule has 1 saturated heterocycles. The monoisotopic (exact) mass is 462 g/mol. The Morgan fingerprint density at radius 3 is 2.61 bits per heavy atom. The number of ether oxygens (including phenoxy) is 1. The van der Waals surface area contributed by atoms with Crippen LogP contribution in [0.3, 0.4) is 0 Å². The summed E-state index contributed by atoms with van der Waals surface area (Å²) in [7, 11) is -3.49. The molecule has 1 aliphatic carbocycles. The minimum Gasteiger partial charge on any atom is -0.451 e. The number of hydrogen-bond donors (Lipinski definition) is 1. The Bertz CT molecular complexity index is 1070. The second kappa shape index (κ2) is 9.10. The van der Waals surface area contributed by atoms with E-state index < -0.39 is 28.5 Å². The highest BCUT2D eigenvalue weighted by molar-refractivity contribution is 7.89. The fraction of sp³-hybridized carbons (Fsp3) is 0.455. The molecule has 7 nitrogen and oxygen atoms in total. The molecule has 1 aromatic carbocycles. The van der Waals surface area contributed by atoms with E-state index in [0.717, 1.165) is 32.1 Å². The molecule has 1 amide bonds. The summed E-state index contributed by atoms with van der Waals surface area (Å²) in [6.07, 6.45) is 4.84. The lowest BCUT2D eigenvalue weighted by Crippen LogP contribution is -2.27.